The maximum absolute atomic E-state index is 13.6. The van der Waals surface area contributed by atoms with Gasteiger partial charge in [-0.2, -0.15) is 0 Å². The van der Waals surface area contributed by atoms with Crippen LogP contribution in [0.1, 0.15) is 55.1 Å². The van der Waals surface area contributed by atoms with Gasteiger partial charge in [0, 0.05) is 32.3 Å². The van der Waals surface area contributed by atoms with Crippen molar-refractivity contribution in [1.29, 1.82) is 0 Å². The predicted octanol–water partition coefficient (Wildman–Crippen LogP) is 6.92. The van der Waals surface area contributed by atoms with Crippen molar-refractivity contribution in [2.75, 3.05) is 0 Å². The van der Waals surface area contributed by atoms with Crippen molar-refractivity contribution < 1.29 is 9.59 Å². The third-order valence-electron chi connectivity index (χ3n) is 7.51. The Morgan fingerprint density at radius 1 is 0.638 bits per heavy atom. The Morgan fingerprint density at radius 2 is 1.04 bits per heavy atom. The third-order valence-corrected chi connectivity index (χ3v) is 7.98. The highest BCUT2D eigenvalue weighted by molar-refractivity contribution is 6.31. The molecule has 11 nitrogen and oxygen atoms in total. The fraction of sp³-hybridized carbons (Fsp3) is 0.118. The number of hydrogen-bond donors (Lipinski definition) is 0. The van der Waals surface area contributed by atoms with Crippen LogP contribution in [0.2, 0.25) is 10.0 Å². The van der Waals surface area contributed by atoms with E-state index in [-0.39, 0.29) is 24.7 Å². The summed E-state index contributed by atoms with van der Waals surface area (Å²) in [6, 6.07) is 27.6. The molecule has 0 N–H and O–H groups in total. The van der Waals surface area contributed by atoms with E-state index < -0.39 is 0 Å². The molecule has 0 aliphatic rings. The molecule has 2 aromatic heterocycles. The summed E-state index contributed by atoms with van der Waals surface area (Å²) in [4.78, 5) is 39.4. The first-order valence-corrected chi connectivity index (χ1v) is 15.2. The molecule has 0 bridgehead atoms. The maximum Gasteiger partial charge on any atom is 0.195 e. The molecule has 0 fully saturated rings. The molecule has 47 heavy (non-hydrogen) atoms. The van der Waals surface area contributed by atoms with Crippen LogP contribution in [0.15, 0.2) is 102 Å². The van der Waals surface area contributed by atoms with Gasteiger partial charge in [-0.3, -0.25) is 18.7 Å². The molecule has 0 unspecified atom stereocenters. The first-order chi connectivity index (χ1) is 22.7. The number of ketones is 2. The van der Waals surface area contributed by atoms with Crippen molar-refractivity contribution in [3.63, 3.8) is 0 Å². The molecule has 13 heteroatoms. The van der Waals surface area contributed by atoms with E-state index >= 15 is 0 Å². The molecule has 234 valence electrons. The van der Waals surface area contributed by atoms with Gasteiger partial charge in [0.25, 0.3) is 0 Å². The number of nitroso groups, excluding NO2 is 1. The molecule has 0 atom stereocenters. The summed E-state index contributed by atoms with van der Waals surface area (Å²) in [6.07, 6.45) is 0. The van der Waals surface area contributed by atoms with Crippen LogP contribution in [-0.2, 0) is 13.1 Å². The molecule has 6 rings (SSSR count). The number of halogens is 2. The summed E-state index contributed by atoms with van der Waals surface area (Å²) in [5.74, 6) is 1.19. The molecule has 0 spiro atoms. The van der Waals surface area contributed by atoms with Gasteiger partial charge in [0.15, 0.2) is 23.2 Å². The van der Waals surface area contributed by atoms with Crippen molar-refractivity contribution in [1.82, 2.24) is 34.5 Å². The average molecular weight is 666 g/mol. The standard InChI is InChI=1S/C34H26Cl2N8O3/c1-21-37-39-31(43(21)29-15-13-25(35)17-27(29)33(45)23-9-5-3-6-10-23)19-42(41-47)20-32-40-38-22(2)44(32)30-16-14-26(36)18-28(30)34(46)24-11-7-4-8-12-24/h3-18H,19-20H2,1-2H3. The highest BCUT2D eigenvalue weighted by Crippen LogP contribution is 2.28. The lowest BCUT2D eigenvalue weighted by atomic mass is 10.0. The van der Waals surface area contributed by atoms with E-state index in [0.29, 0.717) is 67.0 Å². The number of benzene rings is 4. The van der Waals surface area contributed by atoms with Gasteiger partial charge in [0.05, 0.1) is 16.7 Å². The minimum absolute atomic E-state index is 0.0890. The van der Waals surface area contributed by atoms with Crippen molar-refractivity contribution in [3.05, 3.63) is 158 Å². The summed E-state index contributed by atoms with van der Waals surface area (Å²) in [5, 5.41) is 22.3. The molecule has 2 heterocycles. The zero-order valence-corrected chi connectivity index (χ0v) is 26.7. The first kappa shape index (κ1) is 31.5. The smallest absolute Gasteiger partial charge is 0.195 e. The van der Waals surface area contributed by atoms with E-state index in [1.165, 1.54) is 5.01 Å². The second-order valence-electron chi connectivity index (χ2n) is 10.6. The van der Waals surface area contributed by atoms with Gasteiger partial charge in [-0.25, -0.2) is 5.01 Å². The predicted molar refractivity (Wildman–Crippen MR) is 177 cm³/mol. The van der Waals surface area contributed by atoms with Crippen LogP contribution in [0.4, 0.5) is 0 Å². The summed E-state index contributed by atoms with van der Waals surface area (Å²) in [5.41, 5.74) is 2.65. The lowest BCUT2D eigenvalue weighted by molar-refractivity contribution is 0.103. The van der Waals surface area contributed by atoms with E-state index in [0.717, 1.165) is 0 Å². The van der Waals surface area contributed by atoms with Gasteiger partial charge in [0.1, 0.15) is 24.7 Å². The molecule has 6 aromatic rings. The van der Waals surface area contributed by atoms with Crippen LogP contribution in [0.5, 0.6) is 0 Å². The van der Waals surface area contributed by atoms with Gasteiger partial charge < -0.3 is 0 Å². The number of carbonyl (C=O) groups is 2. The molecular formula is C34H26Cl2N8O3. The Hall–Kier alpha value is -5.52. The number of rotatable bonds is 11. The third kappa shape index (κ3) is 6.44. The zero-order chi connectivity index (χ0) is 33.1. The summed E-state index contributed by atoms with van der Waals surface area (Å²) in [6.45, 7) is 3.31. The number of hydrogen-bond acceptors (Lipinski definition) is 8. The number of nitrogens with zero attached hydrogens (tertiary/aromatic N) is 8. The number of aryl methyl sites for hydroxylation is 2. The summed E-state index contributed by atoms with van der Waals surface area (Å²) >= 11 is 12.7. The van der Waals surface area contributed by atoms with E-state index in [2.05, 4.69) is 25.7 Å². The van der Waals surface area contributed by atoms with Crippen LogP contribution in [0.3, 0.4) is 0 Å². The number of aromatic nitrogens is 6. The quantitative estimate of drug-likeness (QED) is 0.0829. The second-order valence-corrected chi connectivity index (χ2v) is 11.5. The van der Waals surface area contributed by atoms with E-state index in [1.807, 2.05) is 12.1 Å². The highest BCUT2D eigenvalue weighted by atomic mass is 35.5. The van der Waals surface area contributed by atoms with Crippen LogP contribution >= 0.6 is 23.2 Å². The van der Waals surface area contributed by atoms with Crippen LogP contribution in [0, 0.1) is 18.8 Å². The van der Waals surface area contributed by atoms with Gasteiger partial charge in [-0.05, 0) is 50.2 Å². The Kier molecular flexibility index (Phi) is 9.01. The van der Waals surface area contributed by atoms with Crippen LogP contribution < -0.4 is 0 Å². The Morgan fingerprint density at radius 3 is 1.43 bits per heavy atom. The fourth-order valence-corrected chi connectivity index (χ4v) is 5.69. The topological polar surface area (TPSA) is 128 Å². The molecule has 0 aliphatic carbocycles. The molecule has 0 aliphatic heterocycles. The van der Waals surface area contributed by atoms with Crippen molar-refractivity contribution in [2.24, 2.45) is 5.29 Å². The summed E-state index contributed by atoms with van der Waals surface area (Å²) < 4.78 is 3.38. The minimum Gasteiger partial charge on any atom is -0.289 e. The van der Waals surface area contributed by atoms with Gasteiger partial charge >= 0.3 is 0 Å². The van der Waals surface area contributed by atoms with Gasteiger partial charge in [0.2, 0.25) is 0 Å². The zero-order valence-electron chi connectivity index (χ0n) is 25.2. The lowest BCUT2D eigenvalue weighted by Crippen LogP contribution is -2.22. The van der Waals surface area contributed by atoms with E-state index in [9.17, 15) is 14.5 Å². The van der Waals surface area contributed by atoms with Gasteiger partial charge in [-0.15, -0.1) is 25.3 Å². The molecule has 0 radical (unpaired) electrons. The molecule has 0 saturated heterocycles. The highest BCUT2D eigenvalue weighted by Gasteiger charge is 2.24. The fourth-order valence-electron chi connectivity index (χ4n) is 5.34. The largest absolute Gasteiger partial charge is 0.289 e. The second kappa shape index (κ2) is 13.5. The van der Waals surface area contributed by atoms with Crippen molar-refractivity contribution >= 4 is 34.8 Å². The Balaban J connectivity index is 1.34. The molecule has 4 aromatic carbocycles. The maximum atomic E-state index is 13.6. The van der Waals surface area contributed by atoms with Crippen molar-refractivity contribution in [2.45, 2.75) is 26.9 Å². The minimum atomic E-state index is -0.236. The molecule has 0 amide bonds. The molecular weight excluding hydrogens is 639 g/mol. The van der Waals surface area contributed by atoms with Crippen LogP contribution in [0.25, 0.3) is 11.4 Å². The van der Waals surface area contributed by atoms with Gasteiger partial charge in [-0.1, -0.05) is 83.9 Å². The monoisotopic (exact) mass is 664 g/mol. The molecule has 0 saturated carbocycles. The van der Waals surface area contributed by atoms with E-state index in [1.54, 1.807) is 108 Å². The first-order valence-electron chi connectivity index (χ1n) is 14.4. The lowest BCUT2D eigenvalue weighted by Gasteiger charge is -2.19. The van der Waals surface area contributed by atoms with E-state index in [4.69, 9.17) is 23.2 Å². The Labute approximate surface area is 279 Å². The average Bonchev–Trinajstić information content (AvgIpc) is 3.64. The van der Waals surface area contributed by atoms with Crippen molar-refractivity contribution in [3.8, 4) is 11.4 Å². The SMILES string of the molecule is Cc1nnc(CN(Cc2nnc(C)n2-c2ccc(Cl)cc2C(=O)c2ccccc2)N=O)n1-c1ccc(Cl)cc1C(=O)c1ccccc1. The Bertz CT molecular complexity index is 1970. The normalized spacial score (nSPS) is 11.0. The number of carbonyl (C=O) groups excluding carboxylic acids is 2. The summed E-state index contributed by atoms with van der Waals surface area (Å²) in [7, 11) is 0. The van der Waals surface area contributed by atoms with Crippen LogP contribution in [-0.4, -0.2) is 46.1 Å².